The van der Waals surface area contributed by atoms with Crippen molar-refractivity contribution in [3.63, 3.8) is 0 Å². The van der Waals surface area contributed by atoms with Crippen LogP contribution in [0, 0.1) is 6.92 Å². The summed E-state index contributed by atoms with van der Waals surface area (Å²) in [5.74, 6) is -0.0378. The van der Waals surface area contributed by atoms with Crippen molar-refractivity contribution in [1.82, 2.24) is 10.3 Å². The highest BCUT2D eigenvalue weighted by atomic mass is 35.5. The Morgan fingerprint density at radius 2 is 2.00 bits per heavy atom. The molecular formula is C14H19Cl2N3OS. The van der Waals surface area contributed by atoms with Gasteiger partial charge in [0.2, 0.25) is 5.91 Å². The maximum atomic E-state index is 11.8. The van der Waals surface area contributed by atoms with Crippen LogP contribution >= 0.6 is 36.2 Å². The standard InChI is InChI=1S/C14H17N3OS.2ClH/c1-10-13(19-9-17-10)8-16-14(18)7-12(15)11-5-3-2-4-6-11;;/h2-6,9,12H,7-8,15H2,1H3,(H,16,18);2*1H. The van der Waals surface area contributed by atoms with Crippen molar-refractivity contribution in [3.05, 3.63) is 52.0 Å². The third kappa shape index (κ3) is 6.01. The van der Waals surface area contributed by atoms with E-state index in [9.17, 15) is 4.79 Å². The predicted molar refractivity (Wildman–Crippen MR) is 91.2 cm³/mol. The smallest absolute Gasteiger partial charge is 0.222 e. The van der Waals surface area contributed by atoms with E-state index in [4.69, 9.17) is 5.73 Å². The highest BCUT2D eigenvalue weighted by Gasteiger charge is 2.11. The number of nitrogens with zero attached hydrogens (tertiary/aromatic N) is 1. The number of carbonyl (C=O) groups excluding carboxylic acids is 1. The zero-order chi connectivity index (χ0) is 13.7. The van der Waals surface area contributed by atoms with Crippen molar-refractivity contribution in [3.8, 4) is 0 Å². The number of amides is 1. The molecule has 2 rings (SSSR count). The second-order valence-corrected chi connectivity index (χ2v) is 5.30. The zero-order valence-corrected chi connectivity index (χ0v) is 14.1. The van der Waals surface area contributed by atoms with Gasteiger partial charge in [-0.3, -0.25) is 4.79 Å². The number of halogens is 2. The van der Waals surface area contributed by atoms with Gasteiger partial charge < -0.3 is 11.1 Å². The van der Waals surface area contributed by atoms with Gasteiger partial charge in [-0.1, -0.05) is 30.3 Å². The molecule has 0 spiro atoms. The second-order valence-electron chi connectivity index (χ2n) is 4.36. The molecule has 1 heterocycles. The number of hydrogen-bond acceptors (Lipinski definition) is 4. The van der Waals surface area contributed by atoms with Crippen LogP contribution in [0.5, 0.6) is 0 Å². The van der Waals surface area contributed by atoms with Gasteiger partial charge in [0.1, 0.15) is 0 Å². The SMILES string of the molecule is Cc1ncsc1CNC(=O)CC(N)c1ccccc1.Cl.Cl. The van der Waals surface area contributed by atoms with E-state index < -0.39 is 0 Å². The van der Waals surface area contributed by atoms with E-state index in [1.165, 1.54) is 0 Å². The van der Waals surface area contributed by atoms with Gasteiger partial charge in [0, 0.05) is 17.3 Å². The summed E-state index contributed by atoms with van der Waals surface area (Å²) in [5.41, 5.74) is 9.74. The number of thiazole rings is 1. The first-order valence-electron chi connectivity index (χ1n) is 6.13. The van der Waals surface area contributed by atoms with E-state index in [0.717, 1.165) is 16.1 Å². The molecule has 116 valence electrons. The van der Waals surface area contributed by atoms with Crippen LogP contribution in [0.1, 0.15) is 28.6 Å². The normalized spacial score (nSPS) is 11.0. The predicted octanol–water partition coefficient (Wildman–Crippen LogP) is 3.00. The van der Waals surface area contributed by atoms with Crippen molar-refractivity contribution in [2.24, 2.45) is 5.73 Å². The minimum Gasteiger partial charge on any atom is -0.351 e. The number of aryl methyl sites for hydroxylation is 1. The molecule has 1 unspecified atom stereocenters. The topological polar surface area (TPSA) is 68.0 Å². The number of rotatable bonds is 5. The van der Waals surface area contributed by atoms with E-state index in [1.807, 2.05) is 37.3 Å². The van der Waals surface area contributed by atoms with E-state index in [2.05, 4.69) is 10.3 Å². The zero-order valence-electron chi connectivity index (χ0n) is 11.6. The van der Waals surface area contributed by atoms with Crippen LogP contribution in [0.4, 0.5) is 0 Å². The van der Waals surface area contributed by atoms with Gasteiger partial charge in [-0.2, -0.15) is 0 Å². The molecule has 4 nitrogen and oxygen atoms in total. The molecule has 1 atom stereocenters. The molecule has 2 aromatic rings. The van der Waals surface area contributed by atoms with Crippen molar-refractivity contribution in [1.29, 1.82) is 0 Å². The quantitative estimate of drug-likeness (QED) is 0.873. The van der Waals surface area contributed by atoms with Gasteiger partial charge >= 0.3 is 0 Å². The number of nitrogens with one attached hydrogen (secondary N) is 1. The molecule has 1 amide bonds. The first kappa shape index (κ1) is 19.9. The molecule has 21 heavy (non-hydrogen) atoms. The second kappa shape index (κ2) is 9.73. The summed E-state index contributed by atoms with van der Waals surface area (Å²) in [6.45, 7) is 2.46. The fourth-order valence-corrected chi connectivity index (χ4v) is 2.48. The van der Waals surface area contributed by atoms with Crippen molar-refractivity contribution >= 4 is 42.1 Å². The van der Waals surface area contributed by atoms with Crippen LogP contribution < -0.4 is 11.1 Å². The average Bonchev–Trinajstić information content (AvgIpc) is 2.83. The lowest BCUT2D eigenvalue weighted by Gasteiger charge is -2.11. The molecule has 0 saturated carbocycles. The lowest BCUT2D eigenvalue weighted by Crippen LogP contribution is -2.27. The largest absolute Gasteiger partial charge is 0.351 e. The Bertz CT molecular complexity index is 548. The van der Waals surface area contributed by atoms with Crippen LogP contribution in [-0.2, 0) is 11.3 Å². The summed E-state index contributed by atoms with van der Waals surface area (Å²) >= 11 is 1.55. The average molecular weight is 348 g/mol. The molecule has 0 fully saturated rings. The first-order chi connectivity index (χ1) is 9.16. The molecular weight excluding hydrogens is 329 g/mol. The summed E-state index contributed by atoms with van der Waals surface area (Å²) in [6.07, 6.45) is 0.294. The minimum absolute atomic E-state index is 0. The van der Waals surface area contributed by atoms with Gasteiger partial charge in [-0.05, 0) is 12.5 Å². The Morgan fingerprint density at radius 1 is 1.33 bits per heavy atom. The highest BCUT2D eigenvalue weighted by molar-refractivity contribution is 7.09. The maximum Gasteiger partial charge on any atom is 0.222 e. The molecule has 0 saturated heterocycles. The van der Waals surface area contributed by atoms with Crippen LogP contribution in [-0.4, -0.2) is 10.9 Å². The number of carbonyl (C=O) groups is 1. The Morgan fingerprint density at radius 3 is 2.57 bits per heavy atom. The Kier molecular flexibility index (Phi) is 9.21. The number of aromatic nitrogens is 1. The maximum absolute atomic E-state index is 11.8. The van der Waals surface area contributed by atoms with Gasteiger partial charge in [-0.25, -0.2) is 4.98 Å². The first-order valence-corrected chi connectivity index (χ1v) is 7.01. The molecule has 1 aromatic carbocycles. The van der Waals surface area contributed by atoms with Crippen LogP contribution in [0.15, 0.2) is 35.8 Å². The summed E-state index contributed by atoms with van der Waals surface area (Å²) in [5, 5.41) is 2.88. The Balaban J connectivity index is 0.00000200. The van der Waals surface area contributed by atoms with E-state index in [-0.39, 0.29) is 36.8 Å². The number of benzene rings is 1. The molecule has 0 aliphatic heterocycles. The molecule has 0 aliphatic rings. The number of nitrogens with two attached hydrogens (primary N) is 1. The lowest BCUT2D eigenvalue weighted by molar-refractivity contribution is -0.121. The van der Waals surface area contributed by atoms with Crippen LogP contribution in [0.25, 0.3) is 0 Å². The third-order valence-corrected chi connectivity index (χ3v) is 3.86. The van der Waals surface area contributed by atoms with Gasteiger partial charge in [0.15, 0.2) is 0 Å². The lowest BCUT2D eigenvalue weighted by atomic mass is 10.0. The number of hydrogen-bond donors (Lipinski definition) is 2. The molecule has 0 aliphatic carbocycles. The van der Waals surface area contributed by atoms with E-state index in [1.54, 1.807) is 16.8 Å². The van der Waals surface area contributed by atoms with E-state index >= 15 is 0 Å². The molecule has 1 aromatic heterocycles. The third-order valence-electron chi connectivity index (χ3n) is 2.92. The van der Waals surface area contributed by atoms with Crippen molar-refractivity contribution in [2.45, 2.75) is 25.9 Å². The van der Waals surface area contributed by atoms with Crippen LogP contribution in [0.3, 0.4) is 0 Å². The summed E-state index contributed by atoms with van der Waals surface area (Å²) in [6, 6.07) is 9.39. The minimum atomic E-state index is -0.260. The Labute approximate surface area is 141 Å². The van der Waals surface area contributed by atoms with Gasteiger partial charge in [-0.15, -0.1) is 36.2 Å². The van der Waals surface area contributed by atoms with Gasteiger partial charge in [0.25, 0.3) is 0 Å². The van der Waals surface area contributed by atoms with Gasteiger partial charge in [0.05, 0.1) is 17.7 Å². The molecule has 7 heteroatoms. The Hall–Kier alpha value is -1.14. The fraction of sp³-hybridized carbons (Fsp3) is 0.286. The van der Waals surface area contributed by atoms with E-state index in [0.29, 0.717) is 13.0 Å². The molecule has 0 radical (unpaired) electrons. The molecule has 0 bridgehead atoms. The molecule has 3 N–H and O–H groups in total. The van der Waals surface area contributed by atoms with Crippen molar-refractivity contribution < 1.29 is 4.79 Å². The van der Waals surface area contributed by atoms with Crippen LogP contribution in [0.2, 0.25) is 0 Å². The van der Waals surface area contributed by atoms with Crippen molar-refractivity contribution in [2.75, 3.05) is 0 Å². The summed E-state index contributed by atoms with van der Waals surface area (Å²) in [4.78, 5) is 17.1. The monoisotopic (exact) mass is 347 g/mol. The fourth-order valence-electron chi connectivity index (χ4n) is 1.76. The summed E-state index contributed by atoms with van der Waals surface area (Å²) in [7, 11) is 0. The highest BCUT2D eigenvalue weighted by Crippen LogP contribution is 2.14. The summed E-state index contributed by atoms with van der Waals surface area (Å²) < 4.78 is 0.